The minimum atomic E-state index is -1.48. The van der Waals surface area contributed by atoms with Crippen LogP contribution in [0.2, 0.25) is 19.6 Å². The minimum Gasteiger partial charge on any atom is -0.454 e. The Kier molecular flexibility index (Phi) is 3.92. The number of benzene rings is 3. The molecule has 0 saturated heterocycles. The molecule has 26 heavy (non-hydrogen) atoms. The van der Waals surface area contributed by atoms with Gasteiger partial charge in [-0.15, -0.1) is 0 Å². The van der Waals surface area contributed by atoms with E-state index in [2.05, 4.69) is 99.2 Å². The highest BCUT2D eigenvalue weighted by Gasteiger charge is 2.23. The first-order valence-electron chi connectivity index (χ1n) is 9.11. The zero-order chi connectivity index (χ0) is 18.5. The first-order valence-corrected chi connectivity index (χ1v) is 12.6. The number of anilines is 2. The van der Waals surface area contributed by atoms with Crippen molar-refractivity contribution in [1.82, 2.24) is 0 Å². The summed E-state index contributed by atoms with van der Waals surface area (Å²) < 4.78 is 6.50. The second kappa shape index (κ2) is 6.03. The number of fused-ring (bicyclic) bond motifs is 3. The lowest BCUT2D eigenvalue weighted by atomic mass is 10.1. The molecule has 0 atom stereocenters. The van der Waals surface area contributed by atoms with Gasteiger partial charge in [0.2, 0.25) is 0 Å². The number of rotatable bonds is 3. The van der Waals surface area contributed by atoms with Gasteiger partial charge >= 0.3 is 0 Å². The number of hydrogen-bond acceptors (Lipinski definition) is 2. The third-order valence-electron chi connectivity index (χ3n) is 5.09. The number of hydrogen-bond donors (Lipinski definition) is 0. The van der Waals surface area contributed by atoms with Crippen LogP contribution >= 0.6 is 0 Å². The summed E-state index contributed by atoms with van der Waals surface area (Å²) in [6, 6.07) is 21.6. The third-order valence-corrected chi connectivity index (χ3v) is 7.10. The van der Waals surface area contributed by atoms with Gasteiger partial charge in [0.05, 0.1) is 13.8 Å². The number of furan rings is 1. The molecule has 0 aliphatic carbocycles. The van der Waals surface area contributed by atoms with Crippen molar-refractivity contribution in [3.63, 3.8) is 0 Å². The number of nitrogens with zero attached hydrogens (tertiary/aromatic N) is 1. The summed E-state index contributed by atoms with van der Waals surface area (Å²) in [5.41, 5.74) is 5.56. The quantitative estimate of drug-likeness (QED) is 0.404. The van der Waals surface area contributed by atoms with Gasteiger partial charge < -0.3 is 9.32 Å². The van der Waals surface area contributed by atoms with Gasteiger partial charge in [-0.1, -0.05) is 67.7 Å². The van der Waals surface area contributed by atoms with Crippen molar-refractivity contribution in [3.8, 4) is 0 Å². The SMILES string of the molecule is Cc1ccc(N(C)c2cccc3c2oc2c([Si](C)(C)C)cccc23)cc1. The van der Waals surface area contributed by atoms with Gasteiger partial charge in [0.25, 0.3) is 0 Å². The topological polar surface area (TPSA) is 16.4 Å². The summed E-state index contributed by atoms with van der Waals surface area (Å²) in [7, 11) is 0.620. The molecule has 0 amide bonds. The molecule has 0 fully saturated rings. The second-order valence-corrected chi connectivity index (χ2v) is 13.1. The molecule has 0 aliphatic heterocycles. The highest BCUT2D eigenvalue weighted by atomic mass is 28.3. The van der Waals surface area contributed by atoms with Crippen LogP contribution in [0.3, 0.4) is 0 Å². The van der Waals surface area contributed by atoms with Crippen LogP contribution in [0, 0.1) is 6.92 Å². The van der Waals surface area contributed by atoms with Gasteiger partial charge in [0.1, 0.15) is 5.58 Å². The van der Waals surface area contributed by atoms with E-state index in [9.17, 15) is 0 Å². The average Bonchev–Trinajstić information content (AvgIpc) is 2.99. The monoisotopic (exact) mass is 359 g/mol. The molecule has 3 heteroatoms. The van der Waals surface area contributed by atoms with Gasteiger partial charge in [-0.2, -0.15) is 0 Å². The van der Waals surface area contributed by atoms with Crippen molar-refractivity contribution in [2.24, 2.45) is 0 Å². The summed E-state index contributed by atoms with van der Waals surface area (Å²) in [6.07, 6.45) is 0. The Balaban J connectivity index is 1.96. The molecule has 0 N–H and O–H groups in total. The molecule has 0 unspecified atom stereocenters. The van der Waals surface area contributed by atoms with E-state index < -0.39 is 8.07 Å². The minimum absolute atomic E-state index is 0.969. The Morgan fingerprint density at radius 2 is 1.38 bits per heavy atom. The maximum Gasteiger partial charge on any atom is 0.159 e. The Bertz CT molecular complexity index is 1090. The predicted octanol–water partition coefficient (Wildman–Crippen LogP) is 6.21. The van der Waals surface area contributed by atoms with Crippen LogP contribution in [0.1, 0.15) is 5.56 Å². The molecule has 0 aliphatic rings. The van der Waals surface area contributed by atoms with Crippen LogP contribution in [0.25, 0.3) is 21.9 Å². The summed E-state index contributed by atoms with van der Waals surface area (Å²) in [6.45, 7) is 9.22. The molecule has 1 heterocycles. The number of aryl methyl sites for hydroxylation is 1. The molecule has 132 valence electrons. The lowest BCUT2D eigenvalue weighted by Crippen LogP contribution is -2.37. The molecule has 4 rings (SSSR count). The Labute approximate surface area is 156 Å². The second-order valence-electron chi connectivity index (χ2n) is 8.08. The Morgan fingerprint density at radius 3 is 2.04 bits per heavy atom. The molecule has 0 spiro atoms. The van der Waals surface area contributed by atoms with Crippen LogP contribution in [0.15, 0.2) is 65.1 Å². The first-order chi connectivity index (χ1) is 12.4. The van der Waals surface area contributed by atoms with Crippen molar-refractivity contribution in [1.29, 1.82) is 0 Å². The van der Waals surface area contributed by atoms with Crippen molar-refractivity contribution < 1.29 is 4.42 Å². The van der Waals surface area contributed by atoms with E-state index >= 15 is 0 Å². The van der Waals surface area contributed by atoms with E-state index in [1.54, 1.807) is 0 Å². The maximum atomic E-state index is 6.50. The fourth-order valence-corrected chi connectivity index (χ4v) is 5.03. The lowest BCUT2D eigenvalue weighted by Gasteiger charge is -2.20. The third kappa shape index (κ3) is 2.73. The molecule has 0 radical (unpaired) electrons. The molecule has 0 bridgehead atoms. The maximum absolute atomic E-state index is 6.50. The highest BCUT2D eigenvalue weighted by Crippen LogP contribution is 2.37. The van der Waals surface area contributed by atoms with E-state index in [4.69, 9.17) is 4.42 Å². The van der Waals surface area contributed by atoms with Crippen LogP contribution in [0.5, 0.6) is 0 Å². The molecule has 4 aromatic rings. The summed E-state index contributed by atoms with van der Waals surface area (Å²) in [5, 5.41) is 3.80. The zero-order valence-corrected chi connectivity index (χ0v) is 17.1. The molecule has 0 saturated carbocycles. The van der Waals surface area contributed by atoms with Crippen molar-refractivity contribution in [2.75, 3.05) is 11.9 Å². The fraction of sp³-hybridized carbons (Fsp3) is 0.217. The fourth-order valence-electron chi connectivity index (χ4n) is 3.57. The summed E-state index contributed by atoms with van der Waals surface area (Å²) >= 11 is 0. The zero-order valence-electron chi connectivity index (χ0n) is 16.1. The van der Waals surface area contributed by atoms with Gasteiger partial charge in [0.15, 0.2) is 5.58 Å². The first kappa shape index (κ1) is 16.9. The van der Waals surface area contributed by atoms with Crippen LogP contribution in [0.4, 0.5) is 11.4 Å². The lowest BCUT2D eigenvalue weighted by molar-refractivity contribution is 0.671. The molecule has 1 aromatic heterocycles. The van der Waals surface area contributed by atoms with Gasteiger partial charge in [0, 0.05) is 23.5 Å². The average molecular weight is 360 g/mol. The summed E-state index contributed by atoms with van der Waals surface area (Å²) in [5.74, 6) is 0. The van der Waals surface area contributed by atoms with E-state index in [1.165, 1.54) is 21.5 Å². The van der Waals surface area contributed by atoms with Crippen LogP contribution < -0.4 is 10.1 Å². The number of para-hydroxylation sites is 2. The van der Waals surface area contributed by atoms with E-state index in [-0.39, 0.29) is 0 Å². The molecule has 2 nitrogen and oxygen atoms in total. The van der Waals surface area contributed by atoms with Crippen LogP contribution in [-0.4, -0.2) is 15.1 Å². The highest BCUT2D eigenvalue weighted by molar-refractivity contribution is 6.90. The van der Waals surface area contributed by atoms with Crippen molar-refractivity contribution >= 4 is 46.6 Å². The summed E-state index contributed by atoms with van der Waals surface area (Å²) in [4.78, 5) is 2.21. The van der Waals surface area contributed by atoms with Gasteiger partial charge in [-0.25, -0.2) is 0 Å². The largest absolute Gasteiger partial charge is 0.454 e. The smallest absolute Gasteiger partial charge is 0.159 e. The van der Waals surface area contributed by atoms with Crippen LogP contribution in [-0.2, 0) is 0 Å². The predicted molar refractivity (Wildman–Crippen MR) is 116 cm³/mol. The van der Waals surface area contributed by atoms with Crippen molar-refractivity contribution in [3.05, 3.63) is 66.2 Å². The van der Waals surface area contributed by atoms with E-state index in [1.807, 2.05) is 0 Å². The van der Waals surface area contributed by atoms with Gasteiger partial charge in [-0.05, 0) is 30.3 Å². The standard InChI is InChI=1S/C23H25NOSi/c1-16-12-14-17(15-13-16)24(2)20-10-6-8-18-19-9-7-11-21(26(3,4)5)23(19)25-22(18)20/h6-15H,1-5H3. The molecular weight excluding hydrogens is 334 g/mol. The van der Waals surface area contributed by atoms with Crippen molar-refractivity contribution in [2.45, 2.75) is 26.6 Å². The Hall–Kier alpha value is -2.52. The van der Waals surface area contributed by atoms with Gasteiger partial charge in [-0.3, -0.25) is 0 Å². The Morgan fingerprint density at radius 1 is 0.769 bits per heavy atom. The molecular formula is C23H25NOSi. The molecule has 3 aromatic carbocycles. The van der Waals surface area contributed by atoms with E-state index in [0.29, 0.717) is 0 Å². The normalized spacial score (nSPS) is 12.0. The van der Waals surface area contributed by atoms with E-state index in [0.717, 1.165) is 22.5 Å².